The molecule has 0 saturated heterocycles. The topological polar surface area (TPSA) is 22.0 Å². The maximum atomic E-state index is 13.6. The number of hydrogen-bond donors (Lipinski definition) is 0. The molecule has 1 aliphatic heterocycles. The molecule has 0 atom stereocenters. The van der Waals surface area contributed by atoms with Crippen molar-refractivity contribution in [1.29, 1.82) is 0 Å². The van der Waals surface area contributed by atoms with Crippen molar-refractivity contribution in [2.45, 2.75) is 31.2 Å². The summed E-state index contributed by atoms with van der Waals surface area (Å²) in [6.45, 7) is -0.811. The predicted molar refractivity (Wildman–Crippen MR) is 73.7 cm³/mol. The number of aromatic nitrogens is 1. The van der Waals surface area contributed by atoms with E-state index in [9.17, 15) is 44.3 Å². The van der Waals surface area contributed by atoms with Gasteiger partial charge in [-0.3, -0.25) is 4.79 Å². The molecule has 0 fully saturated rings. The molecule has 3 rings (SSSR count). The molecule has 0 aliphatic carbocycles. The van der Waals surface area contributed by atoms with Gasteiger partial charge in [-0.2, -0.15) is 35.1 Å². The zero-order valence-electron chi connectivity index (χ0n) is 13.0. The Morgan fingerprint density at radius 2 is 1.52 bits per heavy atom. The second-order valence-corrected chi connectivity index (χ2v) is 5.91. The summed E-state index contributed by atoms with van der Waals surface area (Å²) in [5.41, 5.74) is -6.35. The second kappa shape index (κ2) is 5.77. The highest BCUT2D eigenvalue weighted by molar-refractivity contribution is 6.03. The highest BCUT2D eigenvalue weighted by atomic mass is 19.4. The van der Waals surface area contributed by atoms with E-state index in [0.29, 0.717) is 16.7 Å². The number of halogens is 9. The first-order valence-electron chi connectivity index (χ1n) is 7.34. The maximum absolute atomic E-state index is 13.6. The SMILES string of the molecule is O=C1c2c(C(F)(F)F)cc(-c3ccc(F)cc3C(F)(F)F)n2CCC1(F)F. The minimum atomic E-state index is -5.25. The first-order chi connectivity index (χ1) is 12.2. The molecule has 0 saturated carbocycles. The zero-order chi connectivity index (χ0) is 20.4. The van der Waals surface area contributed by atoms with E-state index in [1.54, 1.807) is 0 Å². The Morgan fingerprint density at radius 1 is 0.926 bits per heavy atom. The summed E-state index contributed by atoms with van der Waals surface area (Å²) in [7, 11) is 0. The fraction of sp³-hybridized carbons (Fsp3) is 0.312. The molecule has 0 bridgehead atoms. The third-order valence-corrected chi connectivity index (χ3v) is 4.16. The molecule has 27 heavy (non-hydrogen) atoms. The summed E-state index contributed by atoms with van der Waals surface area (Å²) in [6.07, 6.45) is -11.5. The number of Topliss-reactive ketones (excluding diaryl/α,β-unsaturated/α-hetero) is 1. The average molecular weight is 401 g/mol. The fourth-order valence-electron chi connectivity index (χ4n) is 2.98. The molecule has 0 amide bonds. The summed E-state index contributed by atoms with van der Waals surface area (Å²) >= 11 is 0. The maximum Gasteiger partial charge on any atom is 0.418 e. The number of ketones is 1. The summed E-state index contributed by atoms with van der Waals surface area (Å²) < 4.78 is 120. The number of alkyl halides is 8. The largest absolute Gasteiger partial charge is 0.418 e. The lowest BCUT2D eigenvalue weighted by atomic mass is 10.0. The molecule has 1 aliphatic rings. The minimum Gasteiger partial charge on any atom is -0.337 e. The number of rotatable bonds is 1. The first-order valence-corrected chi connectivity index (χ1v) is 7.34. The Hall–Kier alpha value is -2.46. The summed E-state index contributed by atoms with van der Waals surface area (Å²) in [5.74, 6) is -7.47. The molecular formula is C16H8F9NO. The van der Waals surface area contributed by atoms with E-state index in [4.69, 9.17) is 0 Å². The van der Waals surface area contributed by atoms with Gasteiger partial charge in [-0.05, 0) is 24.3 Å². The smallest absolute Gasteiger partial charge is 0.337 e. The molecule has 0 unspecified atom stereocenters. The number of hydrogen-bond acceptors (Lipinski definition) is 1. The minimum absolute atomic E-state index is 0.0851. The van der Waals surface area contributed by atoms with Crippen molar-refractivity contribution in [3.05, 3.63) is 46.9 Å². The molecule has 1 aromatic carbocycles. The van der Waals surface area contributed by atoms with Gasteiger partial charge in [0.25, 0.3) is 0 Å². The van der Waals surface area contributed by atoms with Gasteiger partial charge in [-0.1, -0.05) is 0 Å². The van der Waals surface area contributed by atoms with Crippen LogP contribution in [-0.2, 0) is 18.9 Å². The molecule has 2 heterocycles. The van der Waals surface area contributed by atoms with Crippen LogP contribution in [0.15, 0.2) is 24.3 Å². The summed E-state index contributed by atoms with van der Waals surface area (Å²) in [4.78, 5) is 11.8. The van der Waals surface area contributed by atoms with Crippen molar-refractivity contribution >= 4 is 5.78 Å². The third kappa shape index (κ3) is 3.19. The van der Waals surface area contributed by atoms with Gasteiger partial charge >= 0.3 is 18.3 Å². The molecule has 2 nitrogen and oxygen atoms in total. The Kier molecular flexibility index (Phi) is 4.12. The van der Waals surface area contributed by atoms with Gasteiger partial charge in [0, 0.05) is 24.2 Å². The van der Waals surface area contributed by atoms with Gasteiger partial charge in [0.05, 0.1) is 11.1 Å². The summed E-state index contributed by atoms with van der Waals surface area (Å²) in [6, 6.07) is 1.48. The first kappa shape index (κ1) is 19.3. The quantitative estimate of drug-likeness (QED) is 0.574. The van der Waals surface area contributed by atoms with Crippen LogP contribution in [0.4, 0.5) is 39.5 Å². The van der Waals surface area contributed by atoms with Crippen LogP contribution in [0.25, 0.3) is 11.3 Å². The third-order valence-electron chi connectivity index (χ3n) is 4.16. The van der Waals surface area contributed by atoms with E-state index >= 15 is 0 Å². The zero-order valence-corrected chi connectivity index (χ0v) is 13.0. The predicted octanol–water partition coefficient (Wildman–Crippen LogP) is 5.55. The number of nitrogens with zero attached hydrogens (tertiary/aromatic N) is 1. The van der Waals surface area contributed by atoms with Crippen molar-refractivity contribution in [3.63, 3.8) is 0 Å². The lowest BCUT2D eigenvalue weighted by Crippen LogP contribution is -2.38. The Bertz CT molecular complexity index is 921. The van der Waals surface area contributed by atoms with E-state index in [-0.39, 0.29) is 12.1 Å². The van der Waals surface area contributed by atoms with Crippen molar-refractivity contribution in [1.82, 2.24) is 4.57 Å². The number of fused-ring (bicyclic) bond motifs is 1. The molecule has 146 valence electrons. The second-order valence-electron chi connectivity index (χ2n) is 5.91. The van der Waals surface area contributed by atoms with Crippen LogP contribution in [0, 0.1) is 5.82 Å². The molecule has 2 aromatic rings. The fourth-order valence-corrected chi connectivity index (χ4v) is 2.98. The van der Waals surface area contributed by atoms with Crippen LogP contribution in [0.1, 0.15) is 28.0 Å². The Morgan fingerprint density at radius 3 is 2.07 bits per heavy atom. The standard InChI is InChI=1S/C16H8F9NO/c17-7-1-2-8(9(5-7)15(20,21)22)11-6-10(16(23,24)25)12-13(27)14(18,19)3-4-26(11)12/h1-2,5-6H,3-4H2. The van der Waals surface area contributed by atoms with E-state index in [1.807, 2.05) is 0 Å². The molecule has 0 N–H and O–H groups in total. The van der Waals surface area contributed by atoms with Gasteiger partial charge in [0.1, 0.15) is 11.5 Å². The van der Waals surface area contributed by atoms with E-state index < -0.39 is 70.9 Å². The highest BCUT2D eigenvalue weighted by Gasteiger charge is 2.50. The van der Waals surface area contributed by atoms with Crippen LogP contribution in [0.2, 0.25) is 0 Å². The van der Waals surface area contributed by atoms with Gasteiger partial charge in [0.2, 0.25) is 5.78 Å². The van der Waals surface area contributed by atoms with Crippen LogP contribution in [0.3, 0.4) is 0 Å². The Balaban J connectivity index is 2.34. The van der Waals surface area contributed by atoms with Crippen LogP contribution < -0.4 is 0 Å². The lowest BCUT2D eigenvalue weighted by molar-refractivity contribution is -0.138. The van der Waals surface area contributed by atoms with Gasteiger partial charge in [-0.15, -0.1) is 0 Å². The van der Waals surface area contributed by atoms with Gasteiger partial charge in [0.15, 0.2) is 0 Å². The molecule has 11 heteroatoms. The monoisotopic (exact) mass is 401 g/mol. The van der Waals surface area contributed by atoms with Crippen LogP contribution in [-0.4, -0.2) is 16.3 Å². The van der Waals surface area contributed by atoms with Crippen molar-refractivity contribution in [3.8, 4) is 11.3 Å². The molecule has 1 aromatic heterocycles. The summed E-state index contributed by atoms with van der Waals surface area (Å²) in [5, 5.41) is 0. The van der Waals surface area contributed by atoms with Crippen molar-refractivity contribution in [2.24, 2.45) is 0 Å². The molecule has 0 spiro atoms. The normalized spacial score (nSPS) is 17.1. The average Bonchev–Trinajstić information content (AvgIpc) is 2.90. The van der Waals surface area contributed by atoms with Crippen molar-refractivity contribution in [2.75, 3.05) is 0 Å². The van der Waals surface area contributed by atoms with Gasteiger partial charge in [-0.25, -0.2) is 4.39 Å². The molecular weight excluding hydrogens is 393 g/mol. The lowest BCUT2D eigenvalue weighted by Gasteiger charge is -2.25. The highest BCUT2D eigenvalue weighted by Crippen LogP contribution is 2.45. The van der Waals surface area contributed by atoms with Crippen molar-refractivity contribution < 1.29 is 44.3 Å². The number of benzene rings is 1. The molecule has 0 radical (unpaired) electrons. The van der Waals surface area contributed by atoms with Crippen LogP contribution in [0.5, 0.6) is 0 Å². The number of carbonyl (C=O) groups excluding carboxylic acids is 1. The van der Waals surface area contributed by atoms with Crippen LogP contribution >= 0.6 is 0 Å². The Labute approximate surface area is 145 Å². The van der Waals surface area contributed by atoms with Gasteiger partial charge < -0.3 is 4.57 Å². The van der Waals surface area contributed by atoms with E-state index in [2.05, 4.69) is 0 Å². The van der Waals surface area contributed by atoms with E-state index in [0.717, 1.165) is 0 Å². The number of carbonyl (C=O) groups is 1. The van der Waals surface area contributed by atoms with E-state index in [1.165, 1.54) is 0 Å².